The first-order chi connectivity index (χ1) is 12.8. The molecular formula is C17H23N5O4S. The van der Waals surface area contributed by atoms with Gasteiger partial charge in [-0.25, -0.2) is 8.42 Å². The second-order valence-electron chi connectivity index (χ2n) is 6.67. The van der Waals surface area contributed by atoms with Gasteiger partial charge in [0.2, 0.25) is 21.8 Å². The summed E-state index contributed by atoms with van der Waals surface area (Å²) in [5.41, 5.74) is 0.559. The van der Waals surface area contributed by atoms with Crippen molar-refractivity contribution < 1.29 is 17.6 Å². The van der Waals surface area contributed by atoms with Crippen molar-refractivity contribution in [1.82, 2.24) is 14.5 Å². The van der Waals surface area contributed by atoms with Crippen LogP contribution in [-0.4, -0.2) is 55.0 Å². The molecule has 1 aromatic heterocycles. The Morgan fingerprint density at radius 1 is 1.11 bits per heavy atom. The molecule has 1 N–H and O–H groups in total. The average Bonchev–Trinajstić information content (AvgIpc) is 3.12. The molecule has 2 aromatic rings. The molecule has 1 saturated heterocycles. The Morgan fingerprint density at radius 3 is 2.26 bits per heavy atom. The van der Waals surface area contributed by atoms with Gasteiger partial charge in [0.1, 0.15) is 0 Å². The minimum atomic E-state index is -3.59. The van der Waals surface area contributed by atoms with Crippen LogP contribution in [0.25, 0.3) is 0 Å². The van der Waals surface area contributed by atoms with Crippen LogP contribution in [0.1, 0.15) is 32.6 Å². The molecule has 1 fully saturated rings. The van der Waals surface area contributed by atoms with Crippen LogP contribution in [0.2, 0.25) is 0 Å². The molecule has 0 bridgehead atoms. The molecule has 1 aromatic carbocycles. The summed E-state index contributed by atoms with van der Waals surface area (Å²) in [5, 5.41) is 10.7. The van der Waals surface area contributed by atoms with E-state index in [0.717, 1.165) is 0 Å². The smallest absolute Gasteiger partial charge is 0.318 e. The van der Waals surface area contributed by atoms with Crippen LogP contribution in [0.15, 0.2) is 33.6 Å². The highest BCUT2D eigenvalue weighted by molar-refractivity contribution is 7.89. The number of amides is 1. The SMILES string of the molecule is CC(=O)Nc1ccc(S(=O)(=O)N2CCN(c3nnc(C(C)C)o3)CC2)cc1. The van der Waals surface area contributed by atoms with E-state index in [1.807, 2.05) is 18.7 Å². The molecule has 3 rings (SSSR count). The highest BCUT2D eigenvalue weighted by Gasteiger charge is 2.30. The number of piperazine rings is 1. The van der Waals surface area contributed by atoms with Gasteiger partial charge in [-0.3, -0.25) is 4.79 Å². The first-order valence-electron chi connectivity index (χ1n) is 8.73. The molecule has 9 nitrogen and oxygen atoms in total. The largest absolute Gasteiger partial charge is 0.408 e. The Bertz CT molecular complexity index is 900. The summed E-state index contributed by atoms with van der Waals surface area (Å²) in [7, 11) is -3.59. The maximum atomic E-state index is 12.8. The van der Waals surface area contributed by atoms with E-state index in [9.17, 15) is 13.2 Å². The molecule has 0 saturated carbocycles. The van der Waals surface area contributed by atoms with Gasteiger partial charge in [-0.05, 0) is 24.3 Å². The van der Waals surface area contributed by atoms with E-state index in [2.05, 4.69) is 15.5 Å². The van der Waals surface area contributed by atoms with Crippen molar-refractivity contribution >= 4 is 27.6 Å². The van der Waals surface area contributed by atoms with E-state index in [1.54, 1.807) is 12.1 Å². The lowest BCUT2D eigenvalue weighted by molar-refractivity contribution is -0.114. The number of rotatable bonds is 5. The van der Waals surface area contributed by atoms with Crippen LogP contribution < -0.4 is 10.2 Å². The number of nitrogens with zero attached hydrogens (tertiary/aromatic N) is 4. The highest BCUT2D eigenvalue weighted by Crippen LogP contribution is 2.23. The zero-order valence-electron chi connectivity index (χ0n) is 15.5. The van der Waals surface area contributed by atoms with Crippen molar-refractivity contribution in [2.45, 2.75) is 31.6 Å². The molecule has 27 heavy (non-hydrogen) atoms. The second-order valence-corrected chi connectivity index (χ2v) is 8.61. The molecule has 0 radical (unpaired) electrons. The van der Waals surface area contributed by atoms with Crippen LogP contribution >= 0.6 is 0 Å². The van der Waals surface area contributed by atoms with Crippen molar-refractivity contribution in [3.05, 3.63) is 30.2 Å². The summed E-state index contributed by atoms with van der Waals surface area (Å²) in [6.45, 7) is 6.95. The van der Waals surface area contributed by atoms with Crippen molar-refractivity contribution in [3.8, 4) is 0 Å². The number of hydrogen-bond donors (Lipinski definition) is 1. The standard InChI is InChI=1S/C17H23N5O4S/c1-12(2)16-19-20-17(26-16)21-8-10-22(11-9-21)27(24,25)15-6-4-14(5-7-15)18-13(3)23/h4-7,12H,8-11H2,1-3H3,(H,18,23). The van der Waals surface area contributed by atoms with E-state index in [0.29, 0.717) is 43.8 Å². The number of sulfonamides is 1. The van der Waals surface area contributed by atoms with E-state index in [4.69, 9.17) is 4.42 Å². The van der Waals surface area contributed by atoms with Crippen molar-refractivity contribution in [1.29, 1.82) is 0 Å². The van der Waals surface area contributed by atoms with Gasteiger partial charge >= 0.3 is 6.01 Å². The predicted molar refractivity (Wildman–Crippen MR) is 100 cm³/mol. The quantitative estimate of drug-likeness (QED) is 0.823. The number of nitrogens with one attached hydrogen (secondary N) is 1. The van der Waals surface area contributed by atoms with E-state index >= 15 is 0 Å². The molecule has 1 aliphatic rings. The summed E-state index contributed by atoms with van der Waals surface area (Å²) in [4.78, 5) is 13.2. The second kappa shape index (κ2) is 7.65. The third-order valence-corrected chi connectivity index (χ3v) is 6.16. The Kier molecular flexibility index (Phi) is 5.47. The van der Waals surface area contributed by atoms with Crippen molar-refractivity contribution in [2.24, 2.45) is 0 Å². The van der Waals surface area contributed by atoms with Crippen LogP contribution in [0.3, 0.4) is 0 Å². The van der Waals surface area contributed by atoms with Gasteiger partial charge in [0.25, 0.3) is 0 Å². The van der Waals surface area contributed by atoms with Gasteiger partial charge in [-0.2, -0.15) is 4.31 Å². The number of anilines is 2. The van der Waals surface area contributed by atoms with Gasteiger partial charge in [-0.1, -0.05) is 18.9 Å². The van der Waals surface area contributed by atoms with E-state index < -0.39 is 10.0 Å². The first kappa shape index (κ1) is 19.3. The number of carbonyl (C=O) groups excluding carboxylic acids is 1. The molecule has 10 heteroatoms. The molecule has 0 aliphatic carbocycles. The fourth-order valence-electron chi connectivity index (χ4n) is 2.77. The molecule has 0 atom stereocenters. The van der Waals surface area contributed by atoms with Crippen LogP contribution in [0, 0.1) is 0 Å². The highest BCUT2D eigenvalue weighted by atomic mass is 32.2. The van der Waals surface area contributed by atoms with E-state index in [-0.39, 0.29) is 16.7 Å². The average molecular weight is 393 g/mol. The Balaban J connectivity index is 1.66. The lowest BCUT2D eigenvalue weighted by Gasteiger charge is -2.32. The molecule has 0 spiro atoms. The van der Waals surface area contributed by atoms with Gasteiger partial charge in [-0.15, -0.1) is 5.10 Å². The summed E-state index contributed by atoms with van der Waals surface area (Å²) in [6, 6.07) is 6.59. The Labute approximate surface area is 158 Å². The fourth-order valence-corrected chi connectivity index (χ4v) is 4.19. The van der Waals surface area contributed by atoms with Gasteiger partial charge in [0.15, 0.2) is 0 Å². The minimum Gasteiger partial charge on any atom is -0.408 e. The maximum absolute atomic E-state index is 12.8. The number of hydrogen-bond acceptors (Lipinski definition) is 7. The zero-order chi connectivity index (χ0) is 19.6. The lowest BCUT2D eigenvalue weighted by Crippen LogP contribution is -2.48. The summed E-state index contributed by atoms with van der Waals surface area (Å²) < 4.78 is 32.7. The fraction of sp³-hybridized carbons (Fsp3) is 0.471. The number of carbonyl (C=O) groups is 1. The van der Waals surface area contributed by atoms with Crippen LogP contribution in [0.5, 0.6) is 0 Å². The summed E-state index contributed by atoms with van der Waals surface area (Å²) in [6.07, 6.45) is 0. The number of aromatic nitrogens is 2. The first-order valence-corrected chi connectivity index (χ1v) is 10.2. The molecule has 146 valence electrons. The molecular weight excluding hydrogens is 370 g/mol. The molecule has 1 amide bonds. The predicted octanol–water partition coefficient (Wildman–Crippen LogP) is 1.66. The van der Waals surface area contributed by atoms with Crippen LogP contribution in [-0.2, 0) is 14.8 Å². The van der Waals surface area contributed by atoms with Crippen LogP contribution in [0.4, 0.5) is 11.7 Å². The molecule has 1 aliphatic heterocycles. The topological polar surface area (TPSA) is 109 Å². The molecule has 2 heterocycles. The minimum absolute atomic E-state index is 0.147. The summed E-state index contributed by atoms with van der Waals surface area (Å²) in [5.74, 6) is 0.510. The normalized spacial score (nSPS) is 15.9. The lowest BCUT2D eigenvalue weighted by atomic mass is 10.2. The van der Waals surface area contributed by atoms with Gasteiger partial charge in [0.05, 0.1) is 4.90 Å². The molecule has 0 unspecified atom stereocenters. The zero-order valence-corrected chi connectivity index (χ0v) is 16.4. The Hall–Kier alpha value is -2.46. The number of benzene rings is 1. The van der Waals surface area contributed by atoms with E-state index in [1.165, 1.54) is 23.4 Å². The van der Waals surface area contributed by atoms with Crippen molar-refractivity contribution in [2.75, 3.05) is 36.4 Å². The monoisotopic (exact) mass is 393 g/mol. The maximum Gasteiger partial charge on any atom is 0.318 e. The van der Waals surface area contributed by atoms with Gasteiger partial charge in [0, 0.05) is 44.7 Å². The Morgan fingerprint density at radius 2 is 1.74 bits per heavy atom. The summed E-state index contributed by atoms with van der Waals surface area (Å²) >= 11 is 0. The third kappa shape index (κ3) is 4.28. The third-order valence-electron chi connectivity index (χ3n) is 4.25. The van der Waals surface area contributed by atoms with Gasteiger partial charge < -0.3 is 14.6 Å². The van der Waals surface area contributed by atoms with Crippen molar-refractivity contribution in [3.63, 3.8) is 0 Å².